The van der Waals surface area contributed by atoms with E-state index >= 15 is 0 Å². The van der Waals surface area contributed by atoms with E-state index in [1.54, 1.807) is 72.8 Å². The zero-order chi connectivity index (χ0) is 23.3. The van der Waals surface area contributed by atoms with Crippen molar-refractivity contribution in [2.75, 3.05) is 0 Å². The monoisotopic (exact) mass is 440 g/mol. The highest BCUT2D eigenvalue weighted by molar-refractivity contribution is 5.38. The van der Waals surface area contributed by atoms with Crippen LogP contribution in [0.1, 0.15) is 22.3 Å². The van der Waals surface area contributed by atoms with Crippen LogP contribution in [0.5, 0.6) is 0 Å². The summed E-state index contributed by atoms with van der Waals surface area (Å²) in [4.78, 5) is 24.5. The number of hydrogen-bond donors (Lipinski definition) is 0. The van der Waals surface area contributed by atoms with Gasteiger partial charge < -0.3 is 0 Å². The summed E-state index contributed by atoms with van der Waals surface area (Å²) < 4.78 is 6.29. The molecule has 0 spiro atoms. The van der Waals surface area contributed by atoms with Crippen LogP contribution >= 0.6 is 0 Å². The van der Waals surface area contributed by atoms with Crippen LogP contribution in [0.4, 0.5) is 0 Å². The van der Waals surface area contributed by atoms with Gasteiger partial charge in [-0.1, -0.05) is 72.8 Å². The third kappa shape index (κ3) is 3.75. The number of hydrogen-bond acceptors (Lipinski definition) is 5. The largest absolute Gasteiger partial charge is 0.383 e. The molecule has 7 nitrogen and oxygen atoms in total. The van der Waals surface area contributed by atoms with Crippen molar-refractivity contribution >= 4 is 0 Å². The highest BCUT2D eigenvalue weighted by Gasteiger charge is 2.62. The third-order valence-corrected chi connectivity index (χ3v) is 5.47. The van der Waals surface area contributed by atoms with Crippen molar-refractivity contribution in [3.8, 4) is 0 Å². The molecule has 33 heavy (non-hydrogen) atoms. The van der Waals surface area contributed by atoms with Crippen molar-refractivity contribution in [3.05, 3.63) is 164 Å². The average molecular weight is 440 g/mol. The summed E-state index contributed by atoms with van der Waals surface area (Å²) in [7, 11) is 0. The first-order valence-corrected chi connectivity index (χ1v) is 10.2. The molecule has 7 heteroatoms. The zero-order valence-corrected chi connectivity index (χ0v) is 17.5. The van der Waals surface area contributed by atoms with E-state index in [-0.39, 0.29) is 22.3 Å². The number of benzene rings is 4. The first-order chi connectivity index (χ1) is 16.0. The lowest BCUT2D eigenvalue weighted by Gasteiger charge is -2.34. The van der Waals surface area contributed by atoms with Gasteiger partial charge in [0.1, 0.15) is 0 Å². The Morgan fingerprint density at radius 1 is 0.455 bits per heavy atom. The fraction of sp³-hybridized carbons (Fsp3) is 0.0769. The summed E-state index contributed by atoms with van der Waals surface area (Å²) in [6, 6.07) is 32.3. The molecule has 4 aromatic carbocycles. The first-order valence-electron chi connectivity index (χ1n) is 10.2. The smallest absolute Gasteiger partial charge is 0.261 e. The van der Waals surface area contributed by atoms with Crippen molar-refractivity contribution in [2.45, 2.75) is 11.4 Å². The quantitative estimate of drug-likeness (QED) is 0.209. The maximum atomic E-state index is 12.8. The van der Waals surface area contributed by atoms with Gasteiger partial charge >= 0.3 is 11.4 Å². The molecule has 0 aliphatic heterocycles. The molecule has 4 aromatic rings. The molecule has 0 aliphatic rings. The summed E-state index contributed by atoms with van der Waals surface area (Å²) >= 11 is 0. The predicted molar refractivity (Wildman–Crippen MR) is 122 cm³/mol. The Bertz CT molecular complexity index is 1050. The molecule has 0 saturated carbocycles. The lowest BCUT2D eigenvalue weighted by molar-refractivity contribution is -0.710. The number of ether oxygens (including phenoxy) is 1. The highest BCUT2D eigenvalue weighted by Crippen LogP contribution is 2.45. The predicted octanol–water partition coefficient (Wildman–Crippen LogP) is 5.36. The van der Waals surface area contributed by atoms with E-state index < -0.39 is 21.3 Å². The molecule has 4 rings (SSSR count). The van der Waals surface area contributed by atoms with Crippen LogP contribution in [0.3, 0.4) is 0 Å². The van der Waals surface area contributed by atoms with Crippen LogP contribution in [0.25, 0.3) is 0 Å². The fourth-order valence-corrected chi connectivity index (χ4v) is 3.94. The van der Waals surface area contributed by atoms with Crippen LogP contribution < -0.4 is 0 Å². The molecule has 0 aliphatic carbocycles. The van der Waals surface area contributed by atoms with E-state index in [4.69, 9.17) is 4.74 Å². The summed E-state index contributed by atoms with van der Waals surface area (Å²) in [5.74, 6) is 0. The molecule has 0 fully saturated rings. The van der Waals surface area contributed by atoms with Gasteiger partial charge in [-0.3, -0.25) is 20.2 Å². The molecule has 0 atom stereocenters. The molecule has 0 heterocycles. The molecular weight excluding hydrogens is 420 g/mol. The Hall–Kier alpha value is -4.36. The molecule has 0 unspecified atom stereocenters. The fourth-order valence-electron chi connectivity index (χ4n) is 3.94. The number of nitro groups is 2. The standard InChI is InChI=1S/C26H20N2O5/c29-27(30)25(21-13-5-1-6-14-21,22-15-7-2-8-16-22)33-26(28(31)32,23-17-9-3-10-18-23)24-19-11-4-12-20-24/h1-20H. The molecule has 0 saturated heterocycles. The molecule has 164 valence electrons. The van der Waals surface area contributed by atoms with E-state index in [0.717, 1.165) is 0 Å². The minimum atomic E-state index is -2.36. The van der Waals surface area contributed by atoms with E-state index in [2.05, 4.69) is 0 Å². The van der Waals surface area contributed by atoms with Crippen LogP contribution in [-0.4, -0.2) is 9.85 Å². The molecule has 0 aromatic heterocycles. The van der Waals surface area contributed by atoms with Crippen LogP contribution in [0.15, 0.2) is 121 Å². The molecule has 0 N–H and O–H groups in total. The normalized spacial score (nSPS) is 11.6. The van der Waals surface area contributed by atoms with Gasteiger partial charge in [-0.15, -0.1) is 0 Å². The number of rotatable bonds is 8. The van der Waals surface area contributed by atoms with Gasteiger partial charge in [0.05, 0.1) is 32.1 Å². The van der Waals surface area contributed by atoms with E-state index in [1.807, 2.05) is 0 Å². The van der Waals surface area contributed by atoms with Crippen LogP contribution in [0, 0.1) is 20.2 Å². The summed E-state index contributed by atoms with van der Waals surface area (Å²) in [5, 5.41) is 25.7. The van der Waals surface area contributed by atoms with Crippen molar-refractivity contribution in [1.82, 2.24) is 0 Å². The second-order valence-corrected chi connectivity index (χ2v) is 7.37. The van der Waals surface area contributed by atoms with Gasteiger partial charge in [-0.2, -0.15) is 0 Å². The first kappa shape index (κ1) is 21.9. The lowest BCUT2D eigenvalue weighted by Crippen LogP contribution is -2.51. The molecular formula is C26H20N2O5. The minimum Gasteiger partial charge on any atom is -0.261 e. The Balaban J connectivity index is 2.08. The topological polar surface area (TPSA) is 95.5 Å². The summed E-state index contributed by atoms with van der Waals surface area (Å²) in [6.07, 6.45) is 0. The summed E-state index contributed by atoms with van der Waals surface area (Å²) in [5.41, 5.74) is -4.06. The van der Waals surface area contributed by atoms with Gasteiger partial charge in [0.25, 0.3) is 0 Å². The van der Waals surface area contributed by atoms with E-state index in [1.165, 1.54) is 48.5 Å². The van der Waals surface area contributed by atoms with Crippen molar-refractivity contribution in [1.29, 1.82) is 0 Å². The van der Waals surface area contributed by atoms with Gasteiger partial charge in [-0.25, -0.2) is 4.74 Å². The zero-order valence-electron chi connectivity index (χ0n) is 17.5. The van der Waals surface area contributed by atoms with Crippen molar-refractivity contribution in [3.63, 3.8) is 0 Å². The molecule has 0 bridgehead atoms. The van der Waals surface area contributed by atoms with Gasteiger partial charge in [0.2, 0.25) is 0 Å². The van der Waals surface area contributed by atoms with Crippen LogP contribution in [-0.2, 0) is 16.2 Å². The van der Waals surface area contributed by atoms with Gasteiger partial charge in [0, 0.05) is 0 Å². The summed E-state index contributed by atoms with van der Waals surface area (Å²) in [6.45, 7) is 0. The van der Waals surface area contributed by atoms with Gasteiger partial charge in [-0.05, 0) is 48.5 Å². The van der Waals surface area contributed by atoms with Crippen molar-refractivity contribution in [2.24, 2.45) is 0 Å². The molecule has 0 radical (unpaired) electrons. The van der Waals surface area contributed by atoms with Gasteiger partial charge in [0.15, 0.2) is 0 Å². The highest BCUT2D eigenvalue weighted by atomic mass is 16.7. The van der Waals surface area contributed by atoms with Crippen LogP contribution in [0.2, 0.25) is 0 Å². The average Bonchev–Trinajstić information content (AvgIpc) is 2.87. The Morgan fingerprint density at radius 2 is 0.667 bits per heavy atom. The molecule has 0 amide bonds. The SMILES string of the molecule is O=[N+]([O-])C(OC(c1ccccc1)(c1ccccc1)[N+](=O)[O-])(c1ccccc1)c1ccccc1. The third-order valence-electron chi connectivity index (χ3n) is 5.47. The number of nitrogens with zero attached hydrogens (tertiary/aromatic N) is 2. The maximum absolute atomic E-state index is 12.8. The van der Waals surface area contributed by atoms with E-state index in [0.29, 0.717) is 0 Å². The second kappa shape index (κ2) is 9.02. The Kier molecular flexibility index (Phi) is 5.97. The Labute approximate surface area is 190 Å². The second-order valence-electron chi connectivity index (χ2n) is 7.37. The minimum absolute atomic E-state index is 0.166. The maximum Gasteiger partial charge on any atom is 0.383 e. The van der Waals surface area contributed by atoms with Crippen molar-refractivity contribution < 1.29 is 14.6 Å². The van der Waals surface area contributed by atoms with E-state index in [9.17, 15) is 20.2 Å². The Morgan fingerprint density at radius 3 is 0.848 bits per heavy atom. The lowest BCUT2D eigenvalue weighted by atomic mass is 9.90.